The molecule has 0 spiro atoms. The van der Waals surface area contributed by atoms with Crippen molar-refractivity contribution in [2.75, 3.05) is 19.6 Å². The summed E-state index contributed by atoms with van der Waals surface area (Å²) in [7, 11) is 0. The lowest BCUT2D eigenvalue weighted by atomic mass is 9.84. The molecule has 0 saturated carbocycles. The highest BCUT2D eigenvalue weighted by Crippen LogP contribution is 2.22. The molecule has 0 bridgehead atoms. The molecule has 0 radical (unpaired) electrons. The predicted molar refractivity (Wildman–Crippen MR) is 68.5 cm³/mol. The van der Waals surface area contributed by atoms with Crippen molar-refractivity contribution in [1.29, 1.82) is 0 Å². The molecule has 1 aliphatic rings. The molecular weight excluding hydrogens is 200 g/mol. The van der Waals surface area contributed by atoms with E-state index in [2.05, 4.69) is 31.4 Å². The zero-order valence-electron chi connectivity index (χ0n) is 11.2. The van der Waals surface area contributed by atoms with Gasteiger partial charge >= 0.3 is 0 Å². The van der Waals surface area contributed by atoms with Crippen LogP contribution in [0, 0.1) is 11.8 Å². The van der Waals surface area contributed by atoms with Crippen LogP contribution in [-0.4, -0.2) is 36.4 Å². The third kappa shape index (κ3) is 4.40. The number of rotatable bonds is 5. The Bertz CT molecular complexity index is 204. The van der Waals surface area contributed by atoms with Gasteiger partial charge in [-0.2, -0.15) is 0 Å². The van der Waals surface area contributed by atoms with Gasteiger partial charge in [0.1, 0.15) is 0 Å². The molecule has 3 N–H and O–H groups in total. The van der Waals surface area contributed by atoms with E-state index in [1.807, 2.05) is 6.92 Å². The fraction of sp³-hybridized carbons (Fsp3) is 1.00. The van der Waals surface area contributed by atoms with Crippen LogP contribution in [-0.2, 0) is 0 Å². The van der Waals surface area contributed by atoms with Crippen molar-refractivity contribution in [3.05, 3.63) is 0 Å². The van der Waals surface area contributed by atoms with Crippen LogP contribution >= 0.6 is 0 Å². The third-order valence-electron chi connectivity index (χ3n) is 3.45. The van der Waals surface area contributed by atoms with E-state index in [4.69, 9.17) is 0 Å². The van der Waals surface area contributed by atoms with Crippen molar-refractivity contribution in [3.63, 3.8) is 0 Å². The lowest BCUT2D eigenvalue weighted by Gasteiger charge is -2.39. The standard InChI is InChI=1S/C13H28N2O/c1-10(2)8-14-9-13(4,16)12-7-11(3)5-6-15-12/h10-12,14-16H,5-9H2,1-4H3. The Balaban J connectivity index is 2.36. The van der Waals surface area contributed by atoms with Crippen LogP contribution in [0.2, 0.25) is 0 Å². The summed E-state index contributed by atoms with van der Waals surface area (Å²) in [4.78, 5) is 0. The summed E-state index contributed by atoms with van der Waals surface area (Å²) in [6, 6.07) is 0.232. The smallest absolute Gasteiger partial charge is 0.0895 e. The van der Waals surface area contributed by atoms with Gasteiger partial charge in [-0.1, -0.05) is 20.8 Å². The molecule has 1 heterocycles. The van der Waals surface area contributed by atoms with Crippen LogP contribution in [0.1, 0.15) is 40.5 Å². The van der Waals surface area contributed by atoms with E-state index >= 15 is 0 Å². The Kier molecular flexibility index (Phi) is 5.22. The van der Waals surface area contributed by atoms with Crippen LogP contribution < -0.4 is 10.6 Å². The lowest BCUT2D eigenvalue weighted by Crippen LogP contribution is -2.57. The Hall–Kier alpha value is -0.120. The van der Waals surface area contributed by atoms with Gasteiger partial charge in [0.15, 0.2) is 0 Å². The molecule has 0 aromatic rings. The first-order valence-electron chi connectivity index (χ1n) is 6.58. The number of piperidine rings is 1. The van der Waals surface area contributed by atoms with Gasteiger partial charge in [0.05, 0.1) is 5.60 Å². The summed E-state index contributed by atoms with van der Waals surface area (Å²) in [5.74, 6) is 1.36. The minimum atomic E-state index is -0.635. The largest absolute Gasteiger partial charge is 0.387 e. The van der Waals surface area contributed by atoms with E-state index in [1.54, 1.807) is 0 Å². The van der Waals surface area contributed by atoms with E-state index < -0.39 is 5.60 Å². The van der Waals surface area contributed by atoms with Crippen LogP contribution in [0.25, 0.3) is 0 Å². The van der Waals surface area contributed by atoms with Crippen molar-refractivity contribution in [2.45, 2.75) is 52.2 Å². The van der Waals surface area contributed by atoms with Crippen LogP contribution in [0.5, 0.6) is 0 Å². The van der Waals surface area contributed by atoms with E-state index in [9.17, 15) is 5.11 Å². The number of hydrogen-bond acceptors (Lipinski definition) is 3. The molecular formula is C13H28N2O. The number of hydrogen-bond donors (Lipinski definition) is 3. The summed E-state index contributed by atoms with van der Waals surface area (Å²) in [5, 5.41) is 17.2. The molecule has 3 heteroatoms. The van der Waals surface area contributed by atoms with Gasteiger partial charge in [0, 0.05) is 12.6 Å². The summed E-state index contributed by atoms with van der Waals surface area (Å²) >= 11 is 0. The first-order valence-corrected chi connectivity index (χ1v) is 6.58. The van der Waals surface area contributed by atoms with Crippen LogP contribution in [0.3, 0.4) is 0 Å². The second-order valence-corrected chi connectivity index (χ2v) is 6.02. The topological polar surface area (TPSA) is 44.3 Å². The zero-order valence-corrected chi connectivity index (χ0v) is 11.2. The number of aliphatic hydroxyl groups is 1. The highest BCUT2D eigenvalue weighted by atomic mass is 16.3. The second-order valence-electron chi connectivity index (χ2n) is 6.02. The molecule has 3 atom stereocenters. The zero-order chi connectivity index (χ0) is 12.2. The average Bonchev–Trinajstić information content (AvgIpc) is 2.16. The Morgan fingerprint density at radius 3 is 2.75 bits per heavy atom. The SMILES string of the molecule is CC(C)CNCC(C)(O)C1CC(C)CCN1. The highest BCUT2D eigenvalue weighted by molar-refractivity contribution is 4.93. The summed E-state index contributed by atoms with van der Waals surface area (Å²) < 4.78 is 0. The van der Waals surface area contributed by atoms with Gasteiger partial charge < -0.3 is 15.7 Å². The monoisotopic (exact) mass is 228 g/mol. The fourth-order valence-corrected chi connectivity index (χ4v) is 2.32. The first-order chi connectivity index (χ1) is 7.42. The molecule has 0 aliphatic carbocycles. The normalized spacial score (nSPS) is 30.4. The van der Waals surface area contributed by atoms with Gasteiger partial charge in [-0.05, 0) is 44.7 Å². The summed E-state index contributed by atoms with van der Waals surface area (Å²) in [6.45, 7) is 11.3. The van der Waals surface area contributed by atoms with Gasteiger partial charge in [0.25, 0.3) is 0 Å². The molecule has 96 valence electrons. The lowest BCUT2D eigenvalue weighted by molar-refractivity contribution is 0.00348. The molecule has 0 amide bonds. The molecule has 16 heavy (non-hydrogen) atoms. The molecule has 1 rings (SSSR count). The molecule has 1 aliphatic heterocycles. The first kappa shape index (κ1) is 13.9. The summed E-state index contributed by atoms with van der Waals surface area (Å²) in [6.07, 6.45) is 2.31. The van der Waals surface area contributed by atoms with Gasteiger partial charge in [-0.3, -0.25) is 0 Å². The van der Waals surface area contributed by atoms with Crippen LogP contribution in [0.15, 0.2) is 0 Å². The number of nitrogens with one attached hydrogen (secondary N) is 2. The maximum Gasteiger partial charge on any atom is 0.0895 e. The quantitative estimate of drug-likeness (QED) is 0.666. The highest BCUT2D eigenvalue weighted by Gasteiger charge is 2.34. The van der Waals surface area contributed by atoms with Crippen molar-refractivity contribution < 1.29 is 5.11 Å². The van der Waals surface area contributed by atoms with E-state index in [1.165, 1.54) is 6.42 Å². The minimum Gasteiger partial charge on any atom is -0.387 e. The van der Waals surface area contributed by atoms with Gasteiger partial charge in [-0.25, -0.2) is 0 Å². The molecule has 1 fully saturated rings. The fourth-order valence-electron chi connectivity index (χ4n) is 2.32. The molecule has 0 aromatic heterocycles. The summed E-state index contributed by atoms with van der Waals surface area (Å²) in [5.41, 5.74) is -0.635. The van der Waals surface area contributed by atoms with E-state index in [-0.39, 0.29) is 6.04 Å². The Labute approximate surface area is 100 Å². The third-order valence-corrected chi connectivity index (χ3v) is 3.45. The molecule has 1 saturated heterocycles. The average molecular weight is 228 g/mol. The predicted octanol–water partition coefficient (Wildman–Crippen LogP) is 1.37. The second kappa shape index (κ2) is 5.99. The molecule has 3 nitrogen and oxygen atoms in total. The maximum absolute atomic E-state index is 10.4. The Morgan fingerprint density at radius 2 is 2.19 bits per heavy atom. The van der Waals surface area contributed by atoms with Crippen molar-refractivity contribution in [2.24, 2.45) is 11.8 Å². The van der Waals surface area contributed by atoms with E-state index in [0.717, 1.165) is 25.4 Å². The maximum atomic E-state index is 10.4. The minimum absolute atomic E-state index is 0.232. The van der Waals surface area contributed by atoms with Crippen molar-refractivity contribution in [3.8, 4) is 0 Å². The molecule has 0 aromatic carbocycles. The van der Waals surface area contributed by atoms with Crippen molar-refractivity contribution in [1.82, 2.24) is 10.6 Å². The van der Waals surface area contributed by atoms with E-state index in [0.29, 0.717) is 12.5 Å². The Morgan fingerprint density at radius 1 is 1.50 bits per heavy atom. The van der Waals surface area contributed by atoms with Gasteiger partial charge in [0.2, 0.25) is 0 Å². The van der Waals surface area contributed by atoms with Crippen LogP contribution in [0.4, 0.5) is 0 Å². The molecule has 3 unspecified atom stereocenters. The van der Waals surface area contributed by atoms with Gasteiger partial charge in [-0.15, -0.1) is 0 Å². The van der Waals surface area contributed by atoms with Crippen molar-refractivity contribution >= 4 is 0 Å².